The smallest absolute Gasteiger partial charge is 0.123 e. The van der Waals surface area contributed by atoms with Crippen LogP contribution in [0.25, 0.3) is 0 Å². The first-order valence-electron chi connectivity index (χ1n) is 5.90. The molecule has 0 aliphatic heterocycles. The molecule has 1 aromatic heterocycles. The number of hydrogen-bond donors (Lipinski definition) is 1. The van der Waals surface area contributed by atoms with E-state index in [0.717, 1.165) is 21.8 Å². The summed E-state index contributed by atoms with van der Waals surface area (Å²) in [4.78, 5) is 5.66. The van der Waals surface area contributed by atoms with Gasteiger partial charge in [0.05, 0.1) is 16.7 Å². The number of halogens is 1. The van der Waals surface area contributed by atoms with Crippen LogP contribution in [0.15, 0.2) is 18.2 Å². The van der Waals surface area contributed by atoms with E-state index in [9.17, 15) is 4.39 Å². The zero-order chi connectivity index (χ0) is 13.3. The first kappa shape index (κ1) is 13.2. The Morgan fingerprint density at radius 3 is 2.50 bits per heavy atom. The van der Waals surface area contributed by atoms with Crippen molar-refractivity contribution < 1.29 is 4.39 Å². The summed E-state index contributed by atoms with van der Waals surface area (Å²) in [6.07, 6.45) is 0. The predicted octanol–water partition coefficient (Wildman–Crippen LogP) is 3.52. The van der Waals surface area contributed by atoms with E-state index < -0.39 is 0 Å². The van der Waals surface area contributed by atoms with Crippen LogP contribution in [0.1, 0.15) is 32.7 Å². The lowest BCUT2D eigenvalue weighted by Crippen LogP contribution is -2.18. The number of thiazole rings is 1. The van der Waals surface area contributed by atoms with Gasteiger partial charge in [0, 0.05) is 4.88 Å². The van der Waals surface area contributed by atoms with Crippen LogP contribution in [0, 0.1) is 26.6 Å². The molecular formula is C14H17FN2S. The quantitative estimate of drug-likeness (QED) is 0.917. The Kier molecular flexibility index (Phi) is 3.78. The Morgan fingerprint density at radius 1 is 1.28 bits per heavy atom. The first-order chi connectivity index (χ1) is 8.52. The molecule has 2 nitrogen and oxygen atoms in total. The third-order valence-corrected chi connectivity index (χ3v) is 4.17. The molecule has 2 aromatic rings. The number of hydrogen-bond acceptors (Lipinski definition) is 3. The summed E-state index contributed by atoms with van der Waals surface area (Å²) in [6.45, 7) is 5.96. The van der Waals surface area contributed by atoms with Crippen LogP contribution < -0.4 is 5.32 Å². The summed E-state index contributed by atoms with van der Waals surface area (Å²) < 4.78 is 13.2. The molecule has 1 atom stereocenters. The van der Waals surface area contributed by atoms with Gasteiger partial charge in [0.2, 0.25) is 0 Å². The van der Waals surface area contributed by atoms with Gasteiger partial charge in [-0.25, -0.2) is 9.37 Å². The van der Waals surface area contributed by atoms with E-state index >= 15 is 0 Å². The Labute approximate surface area is 111 Å². The van der Waals surface area contributed by atoms with E-state index in [1.54, 1.807) is 17.4 Å². The summed E-state index contributed by atoms with van der Waals surface area (Å²) in [5, 5.41) is 4.35. The molecule has 1 N–H and O–H groups in total. The minimum atomic E-state index is -0.191. The van der Waals surface area contributed by atoms with Gasteiger partial charge >= 0.3 is 0 Å². The highest BCUT2D eigenvalue weighted by molar-refractivity contribution is 7.11. The Bertz CT molecular complexity index is 563. The molecule has 0 amide bonds. The zero-order valence-electron chi connectivity index (χ0n) is 11.0. The molecule has 0 aliphatic rings. The zero-order valence-corrected chi connectivity index (χ0v) is 11.9. The van der Waals surface area contributed by atoms with Crippen molar-refractivity contribution in [1.29, 1.82) is 0 Å². The lowest BCUT2D eigenvalue weighted by atomic mass is 9.99. The van der Waals surface area contributed by atoms with Crippen molar-refractivity contribution in [2.24, 2.45) is 0 Å². The highest BCUT2D eigenvalue weighted by atomic mass is 32.1. The maximum absolute atomic E-state index is 13.2. The molecule has 0 bridgehead atoms. The normalized spacial score (nSPS) is 12.7. The Morgan fingerprint density at radius 2 is 2.00 bits per heavy atom. The lowest BCUT2D eigenvalue weighted by Gasteiger charge is -2.18. The van der Waals surface area contributed by atoms with Crippen molar-refractivity contribution in [2.75, 3.05) is 7.05 Å². The fraction of sp³-hybridized carbons (Fsp3) is 0.357. The van der Waals surface area contributed by atoms with Crippen LogP contribution in [0.4, 0.5) is 4.39 Å². The molecule has 0 spiro atoms. The monoisotopic (exact) mass is 264 g/mol. The first-order valence-corrected chi connectivity index (χ1v) is 6.71. The minimum Gasteiger partial charge on any atom is -0.309 e. The van der Waals surface area contributed by atoms with Crippen LogP contribution in [0.2, 0.25) is 0 Å². The predicted molar refractivity (Wildman–Crippen MR) is 73.6 cm³/mol. The van der Waals surface area contributed by atoms with Crippen LogP contribution in [0.5, 0.6) is 0 Å². The fourth-order valence-electron chi connectivity index (χ4n) is 2.21. The highest BCUT2D eigenvalue weighted by Crippen LogP contribution is 2.31. The van der Waals surface area contributed by atoms with E-state index in [4.69, 9.17) is 0 Å². The Balaban J connectivity index is 2.48. The number of nitrogens with one attached hydrogen (secondary N) is 1. The standard InChI is InChI=1S/C14H17FN2S/c1-8-7-11(15)5-6-12(8)13(16-4)14-9(2)17-10(3)18-14/h5-7,13,16H,1-4H3. The second-order valence-electron chi connectivity index (χ2n) is 4.41. The van der Waals surface area contributed by atoms with Gasteiger partial charge in [0.15, 0.2) is 0 Å². The van der Waals surface area contributed by atoms with Crippen LogP contribution in [-0.2, 0) is 0 Å². The van der Waals surface area contributed by atoms with Crippen molar-refractivity contribution >= 4 is 11.3 Å². The lowest BCUT2D eigenvalue weighted by molar-refractivity contribution is 0.621. The van der Waals surface area contributed by atoms with E-state index in [2.05, 4.69) is 10.3 Å². The minimum absolute atomic E-state index is 0.0804. The van der Waals surface area contributed by atoms with Gasteiger partial charge in [-0.3, -0.25) is 0 Å². The van der Waals surface area contributed by atoms with Crippen LogP contribution >= 0.6 is 11.3 Å². The number of benzene rings is 1. The van der Waals surface area contributed by atoms with Gasteiger partial charge in [0.1, 0.15) is 5.82 Å². The Hall–Kier alpha value is -1.26. The number of aromatic nitrogens is 1. The third-order valence-electron chi connectivity index (χ3n) is 3.03. The van der Waals surface area contributed by atoms with Crippen molar-refractivity contribution in [3.8, 4) is 0 Å². The van der Waals surface area contributed by atoms with Gasteiger partial charge < -0.3 is 5.32 Å². The molecule has 1 aromatic carbocycles. The highest BCUT2D eigenvalue weighted by Gasteiger charge is 2.19. The summed E-state index contributed by atoms with van der Waals surface area (Å²) in [5.74, 6) is -0.191. The molecule has 0 saturated carbocycles. The van der Waals surface area contributed by atoms with E-state index in [0.29, 0.717) is 0 Å². The molecule has 0 saturated heterocycles. The summed E-state index contributed by atoms with van der Waals surface area (Å²) in [6, 6.07) is 5.01. The van der Waals surface area contributed by atoms with Crippen molar-refractivity contribution in [3.63, 3.8) is 0 Å². The van der Waals surface area contributed by atoms with Gasteiger partial charge in [-0.15, -0.1) is 11.3 Å². The van der Waals surface area contributed by atoms with Crippen molar-refractivity contribution in [3.05, 3.63) is 50.7 Å². The van der Waals surface area contributed by atoms with Crippen LogP contribution in [0.3, 0.4) is 0 Å². The van der Waals surface area contributed by atoms with E-state index in [1.165, 1.54) is 10.9 Å². The largest absolute Gasteiger partial charge is 0.309 e. The third kappa shape index (κ3) is 2.44. The van der Waals surface area contributed by atoms with Crippen molar-refractivity contribution in [1.82, 2.24) is 10.3 Å². The molecule has 2 rings (SSSR count). The number of rotatable bonds is 3. The van der Waals surface area contributed by atoms with Gasteiger partial charge in [-0.1, -0.05) is 6.07 Å². The number of aryl methyl sites for hydroxylation is 3. The molecule has 0 aliphatic carbocycles. The summed E-state index contributed by atoms with van der Waals surface area (Å²) >= 11 is 1.69. The average molecular weight is 264 g/mol. The second kappa shape index (κ2) is 5.16. The molecule has 1 heterocycles. The topological polar surface area (TPSA) is 24.9 Å². The number of nitrogens with zero attached hydrogens (tertiary/aromatic N) is 1. The molecule has 18 heavy (non-hydrogen) atoms. The summed E-state index contributed by atoms with van der Waals surface area (Å²) in [7, 11) is 1.92. The second-order valence-corrected chi connectivity index (χ2v) is 5.64. The van der Waals surface area contributed by atoms with E-state index in [-0.39, 0.29) is 11.9 Å². The van der Waals surface area contributed by atoms with Gasteiger partial charge in [-0.2, -0.15) is 0 Å². The maximum atomic E-state index is 13.2. The fourth-order valence-corrected chi connectivity index (χ4v) is 3.26. The van der Waals surface area contributed by atoms with Crippen LogP contribution in [-0.4, -0.2) is 12.0 Å². The van der Waals surface area contributed by atoms with Crippen molar-refractivity contribution in [2.45, 2.75) is 26.8 Å². The molecular weight excluding hydrogens is 247 g/mol. The summed E-state index contributed by atoms with van der Waals surface area (Å²) in [5.41, 5.74) is 3.10. The molecule has 4 heteroatoms. The SMILES string of the molecule is CNC(c1ccc(F)cc1C)c1sc(C)nc1C. The van der Waals surface area contributed by atoms with E-state index in [1.807, 2.05) is 33.9 Å². The molecule has 96 valence electrons. The molecule has 0 radical (unpaired) electrons. The maximum Gasteiger partial charge on any atom is 0.123 e. The average Bonchev–Trinajstić information content (AvgIpc) is 2.62. The van der Waals surface area contributed by atoms with Gasteiger partial charge in [-0.05, 0) is 51.1 Å². The molecule has 1 unspecified atom stereocenters. The van der Waals surface area contributed by atoms with Gasteiger partial charge in [0.25, 0.3) is 0 Å². The molecule has 0 fully saturated rings.